The average Bonchev–Trinajstić information content (AvgIpc) is 3.83. The van der Waals surface area contributed by atoms with Crippen molar-refractivity contribution >= 4 is 49.8 Å². The van der Waals surface area contributed by atoms with Gasteiger partial charge in [0.05, 0.1) is 11.4 Å². The van der Waals surface area contributed by atoms with Gasteiger partial charge in [-0.25, -0.2) is 0 Å². The third-order valence-electron chi connectivity index (χ3n) is 13.2. The molecule has 1 aromatic heterocycles. The molecule has 1 aliphatic carbocycles. The van der Waals surface area contributed by atoms with Crippen molar-refractivity contribution in [3.63, 3.8) is 0 Å². The van der Waals surface area contributed by atoms with Gasteiger partial charge in [-0.15, -0.1) is 0 Å². The highest BCUT2D eigenvalue weighted by atomic mass is 16.3. The van der Waals surface area contributed by atoms with E-state index in [1.165, 1.54) is 60.8 Å². The molecule has 63 heavy (non-hydrogen) atoms. The van der Waals surface area contributed by atoms with Crippen LogP contribution in [0, 0.1) is 0 Å². The summed E-state index contributed by atoms with van der Waals surface area (Å²) in [6, 6.07) is 81.5. The molecule has 0 saturated carbocycles. The van der Waals surface area contributed by atoms with Crippen LogP contribution in [0.25, 0.3) is 88.3 Å². The number of rotatable bonds is 7. The molecule has 1 heterocycles. The molecule has 2 heteroatoms. The smallest absolute Gasteiger partial charge is 0.143 e. The maximum Gasteiger partial charge on any atom is 0.143 e. The van der Waals surface area contributed by atoms with Crippen LogP contribution in [-0.2, 0) is 5.41 Å². The van der Waals surface area contributed by atoms with Crippen molar-refractivity contribution in [1.29, 1.82) is 0 Å². The Labute approximate surface area is 368 Å². The van der Waals surface area contributed by atoms with Gasteiger partial charge in [0.25, 0.3) is 0 Å². The fourth-order valence-corrected chi connectivity index (χ4v) is 10.3. The van der Waals surface area contributed by atoms with Crippen LogP contribution in [0.2, 0.25) is 0 Å². The van der Waals surface area contributed by atoms with E-state index in [2.05, 4.69) is 243 Å². The van der Waals surface area contributed by atoms with E-state index in [0.717, 1.165) is 55.7 Å². The Balaban J connectivity index is 1.05. The second kappa shape index (κ2) is 14.6. The number of furan rings is 1. The van der Waals surface area contributed by atoms with Gasteiger partial charge in [0, 0.05) is 33.0 Å². The summed E-state index contributed by atoms with van der Waals surface area (Å²) in [6.45, 7) is 4.74. The third-order valence-corrected chi connectivity index (χ3v) is 13.2. The van der Waals surface area contributed by atoms with Crippen LogP contribution in [0.1, 0.15) is 25.0 Å². The van der Waals surface area contributed by atoms with Gasteiger partial charge in [-0.3, -0.25) is 0 Å². The number of hydrogen-bond donors (Lipinski definition) is 0. The van der Waals surface area contributed by atoms with Crippen LogP contribution in [0.5, 0.6) is 0 Å². The molecule has 0 amide bonds. The Kier molecular flexibility index (Phi) is 8.55. The molecule has 0 spiro atoms. The van der Waals surface area contributed by atoms with Crippen LogP contribution < -0.4 is 4.90 Å². The summed E-state index contributed by atoms with van der Waals surface area (Å²) < 4.78 is 6.87. The highest BCUT2D eigenvalue weighted by molar-refractivity contribution is 6.14. The molecule has 0 radical (unpaired) electrons. The van der Waals surface area contributed by atoms with E-state index in [9.17, 15) is 0 Å². The van der Waals surface area contributed by atoms with Gasteiger partial charge in [-0.05, 0) is 109 Å². The molecule has 0 bridgehead atoms. The molecule has 1 aliphatic rings. The fourth-order valence-electron chi connectivity index (χ4n) is 10.3. The van der Waals surface area contributed by atoms with Crippen molar-refractivity contribution in [1.82, 2.24) is 0 Å². The normalized spacial score (nSPS) is 12.7. The quantitative estimate of drug-likeness (QED) is 0.160. The minimum Gasteiger partial charge on any atom is -0.455 e. The number of benzene rings is 10. The largest absolute Gasteiger partial charge is 0.455 e. The van der Waals surface area contributed by atoms with E-state index in [0.29, 0.717) is 0 Å². The number of anilines is 3. The summed E-state index contributed by atoms with van der Waals surface area (Å²) in [5.41, 5.74) is 19.5. The van der Waals surface area contributed by atoms with E-state index < -0.39 is 0 Å². The summed E-state index contributed by atoms with van der Waals surface area (Å²) in [5.74, 6) is 0. The summed E-state index contributed by atoms with van der Waals surface area (Å²) in [7, 11) is 0. The minimum absolute atomic E-state index is 0.231. The molecule has 12 rings (SSSR count). The van der Waals surface area contributed by atoms with Crippen LogP contribution in [0.4, 0.5) is 17.1 Å². The Morgan fingerprint density at radius 2 is 0.952 bits per heavy atom. The lowest BCUT2D eigenvalue weighted by atomic mass is 9.81. The van der Waals surface area contributed by atoms with Gasteiger partial charge < -0.3 is 9.32 Å². The highest BCUT2D eigenvalue weighted by Crippen LogP contribution is 2.55. The molecule has 0 saturated heterocycles. The van der Waals surface area contributed by atoms with Crippen molar-refractivity contribution in [2.24, 2.45) is 0 Å². The van der Waals surface area contributed by atoms with Crippen molar-refractivity contribution < 1.29 is 4.42 Å². The summed E-state index contributed by atoms with van der Waals surface area (Å²) in [6.07, 6.45) is 0. The summed E-state index contributed by atoms with van der Waals surface area (Å²) in [5, 5.41) is 4.62. The lowest BCUT2D eigenvalue weighted by Gasteiger charge is -2.33. The first-order valence-corrected chi connectivity index (χ1v) is 21.8. The molecule has 2 nitrogen and oxygen atoms in total. The standard InChI is InChI=1S/C61H43NO/c1-61(2)55-28-13-11-23-48(55)50-25-16-30-57(59(50)61)62(46-34-31-40(32-35-46)45-33-36-47(41-17-5-3-6-18-41)53(37-45)42-19-7-4-8-20-42)56-29-14-12-24-49(56)51-26-15-27-52-54-38-43-21-9-10-22-44(43)39-58(54)63-60(51)52/h3-39H,1-2H3. The molecule has 11 aromatic rings. The van der Waals surface area contributed by atoms with Gasteiger partial charge >= 0.3 is 0 Å². The van der Waals surface area contributed by atoms with Gasteiger partial charge in [0.1, 0.15) is 11.2 Å². The summed E-state index contributed by atoms with van der Waals surface area (Å²) >= 11 is 0. The highest BCUT2D eigenvalue weighted by Gasteiger charge is 2.39. The van der Waals surface area contributed by atoms with Gasteiger partial charge in [-0.2, -0.15) is 0 Å². The number of nitrogens with zero attached hydrogens (tertiary/aromatic N) is 1. The zero-order valence-electron chi connectivity index (χ0n) is 35.2. The topological polar surface area (TPSA) is 16.4 Å². The predicted octanol–water partition coefficient (Wildman–Crippen LogP) is 17.2. The van der Waals surface area contributed by atoms with Crippen molar-refractivity contribution in [3.05, 3.63) is 236 Å². The molecule has 10 aromatic carbocycles. The maximum absolute atomic E-state index is 6.87. The first-order chi connectivity index (χ1) is 31.0. The lowest BCUT2D eigenvalue weighted by Crippen LogP contribution is -2.21. The zero-order chi connectivity index (χ0) is 42.1. The molecule has 0 fully saturated rings. The number of hydrogen-bond acceptors (Lipinski definition) is 2. The Morgan fingerprint density at radius 3 is 1.73 bits per heavy atom. The second-order valence-electron chi connectivity index (χ2n) is 17.2. The summed E-state index contributed by atoms with van der Waals surface area (Å²) in [4.78, 5) is 2.48. The molecule has 0 atom stereocenters. The Morgan fingerprint density at radius 1 is 0.365 bits per heavy atom. The van der Waals surface area contributed by atoms with E-state index in [4.69, 9.17) is 4.42 Å². The minimum atomic E-state index is -0.231. The predicted molar refractivity (Wildman–Crippen MR) is 265 cm³/mol. The first-order valence-electron chi connectivity index (χ1n) is 21.8. The van der Waals surface area contributed by atoms with Crippen molar-refractivity contribution in [2.75, 3.05) is 4.90 Å². The van der Waals surface area contributed by atoms with Gasteiger partial charge in [0.2, 0.25) is 0 Å². The fraction of sp³-hybridized carbons (Fsp3) is 0.0492. The van der Waals surface area contributed by atoms with E-state index in [1.807, 2.05) is 0 Å². The lowest BCUT2D eigenvalue weighted by molar-refractivity contribution is 0.660. The molecule has 0 N–H and O–H groups in total. The van der Waals surface area contributed by atoms with Crippen LogP contribution in [-0.4, -0.2) is 0 Å². The Hall–Kier alpha value is -7.94. The van der Waals surface area contributed by atoms with E-state index >= 15 is 0 Å². The number of fused-ring (bicyclic) bond motifs is 7. The number of para-hydroxylation sites is 2. The van der Waals surface area contributed by atoms with E-state index in [1.54, 1.807) is 0 Å². The average molecular weight is 806 g/mol. The SMILES string of the molecule is CC1(C)c2ccccc2-c2cccc(N(c3ccc(-c4ccc(-c5ccccc5)c(-c5ccccc5)c4)cc3)c3ccccc3-c3cccc4c3oc3cc5ccccc5cc34)c21. The van der Waals surface area contributed by atoms with Crippen LogP contribution in [0.15, 0.2) is 229 Å². The third kappa shape index (κ3) is 6.02. The van der Waals surface area contributed by atoms with Crippen LogP contribution in [0.3, 0.4) is 0 Å². The van der Waals surface area contributed by atoms with Crippen LogP contribution >= 0.6 is 0 Å². The molecule has 0 aliphatic heterocycles. The molecular weight excluding hydrogens is 763 g/mol. The van der Waals surface area contributed by atoms with E-state index in [-0.39, 0.29) is 5.41 Å². The molecule has 298 valence electrons. The zero-order valence-corrected chi connectivity index (χ0v) is 35.2. The van der Waals surface area contributed by atoms with Gasteiger partial charge in [0.15, 0.2) is 0 Å². The van der Waals surface area contributed by atoms with Crippen molar-refractivity contribution in [2.45, 2.75) is 19.3 Å². The monoisotopic (exact) mass is 805 g/mol. The Bertz CT molecular complexity index is 3520. The van der Waals surface area contributed by atoms with Crippen molar-refractivity contribution in [3.8, 4) is 55.6 Å². The molecular formula is C61H43NO. The first kappa shape index (κ1) is 36.9. The van der Waals surface area contributed by atoms with Gasteiger partial charge in [-0.1, -0.05) is 196 Å². The second-order valence-corrected chi connectivity index (χ2v) is 17.2. The maximum atomic E-state index is 6.87. The molecule has 0 unspecified atom stereocenters.